The van der Waals surface area contributed by atoms with Crippen LogP contribution in [0.4, 0.5) is 34.1 Å². The highest BCUT2D eigenvalue weighted by atomic mass is 79.9. The molecular formula is C111H122Br4N6S2. The van der Waals surface area contributed by atoms with Crippen LogP contribution in [0.5, 0.6) is 0 Å². The van der Waals surface area contributed by atoms with Gasteiger partial charge in [0.2, 0.25) is 0 Å². The van der Waals surface area contributed by atoms with Crippen LogP contribution in [0.2, 0.25) is 0 Å². The number of halogens is 4. The third-order valence-electron chi connectivity index (χ3n) is 26.1. The van der Waals surface area contributed by atoms with E-state index in [1.807, 2.05) is 18.2 Å². The van der Waals surface area contributed by atoms with Gasteiger partial charge in [-0.15, -0.1) is 0 Å². The SMILES string of the molecule is Brc1ccc(Br)c2nsnc12.Brc1ccc(N(c2ccccc2)c2ccc(Br)cc2)cc1.CCCCCCCCC1(CCCCCCCC)c2cc(C)ccc2-c2ccc(-c3ccc(C(C)(C)c4ccc5c(c4)C(CCCCCCCC)(CCCCCCCC)c4cc(-c6ccc(N(c7ccccc7)c7ccc(C)cc7)cc6)ccc4-5)c4nsnc34)cc21. The van der Waals surface area contributed by atoms with E-state index in [4.69, 9.17) is 8.75 Å². The second-order valence-corrected chi connectivity index (χ2v) is 39.6. The number of para-hydroxylation sites is 2. The smallest absolute Gasteiger partial charge is 0.120 e. The zero-order valence-corrected chi connectivity index (χ0v) is 81.5. The molecule has 0 amide bonds. The van der Waals surface area contributed by atoms with Crippen molar-refractivity contribution in [2.75, 3.05) is 9.80 Å². The van der Waals surface area contributed by atoms with Gasteiger partial charge >= 0.3 is 0 Å². The van der Waals surface area contributed by atoms with Crippen LogP contribution in [-0.4, -0.2) is 17.5 Å². The Kier molecular flexibility index (Phi) is 32.4. The van der Waals surface area contributed by atoms with Gasteiger partial charge < -0.3 is 9.80 Å². The average Bonchev–Trinajstić information content (AvgIpc) is 1.57. The summed E-state index contributed by atoms with van der Waals surface area (Å²) < 4.78 is 22.9. The van der Waals surface area contributed by atoms with Crippen molar-refractivity contribution >= 4 is 143 Å². The predicted octanol–water partition coefficient (Wildman–Crippen LogP) is 36.9. The molecule has 6 nitrogen and oxygen atoms in total. The van der Waals surface area contributed by atoms with Gasteiger partial charge in [0.1, 0.15) is 22.1 Å². The maximum atomic E-state index is 5.27. The van der Waals surface area contributed by atoms with Gasteiger partial charge in [-0.3, -0.25) is 0 Å². The molecule has 2 heterocycles. The van der Waals surface area contributed by atoms with E-state index < -0.39 is 0 Å². The van der Waals surface area contributed by atoms with E-state index in [9.17, 15) is 0 Å². The molecule has 2 aliphatic rings. The topological polar surface area (TPSA) is 58.0 Å². The number of anilines is 6. The first-order chi connectivity index (χ1) is 60.1. The van der Waals surface area contributed by atoms with E-state index in [1.54, 1.807) is 16.7 Å². The van der Waals surface area contributed by atoms with E-state index >= 15 is 0 Å². The van der Waals surface area contributed by atoms with Gasteiger partial charge in [-0.1, -0.05) is 372 Å². The molecule has 0 spiro atoms. The van der Waals surface area contributed by atoms with E-state index in [2.05, 4.69) is 374 Å². The number of hydrogen-bond donors (Lipinski definition) is 0. The summed E-state index contributed by atoms with van der Waals surface area (Å²) in [5.74, 6) is 0. The van der Waals surface area contributed by atoms with E-state index in [0.717, 1.165) is 74.1 Å². The minimum absolute atomic E-state index is 0.0106. The van der Waals surface area contributed by atoms with Crippen molar-refractivity contribution < 1.29 is 0 Å². The third kappa shape index (κ3) is 21.4. The van der Waals surface area contributed by atoms with Gasteiger partial charge in [0.25, 0.3) is 0 Å². The highest BCUT2D eigenvalue weighted by Gasteiger charge is 2.45. The maximum Gasteiger partial charge on any atom is 0.120 e. The van der Waals surface area contributed by atoms with Crippen molar-refractivity contribution in [2.24, 2.45) is 0 Å². The molecular weight excluding hydrogens is 1800 g/mol. The van der Waals surface area contributed by atoms with E-state index in [0.29, 0.717) is 0 Å². The molecule has 0 fully saturated rings. The Hall–Kier alpha value is -8.20. The lowest BCUT2D eigenvalue weighted by Gasteiger charge is -2.35. The zero-order chi connectivity index (χ0) is 85.7. The van der Waals surface area contributed by atoms with E-state index in [1.165, 1.54) is 276 Å². The lowest BCUT2D eigenvalue weighted by molar-refractivity contribution is 0.397. The summed E-state index contributed by atoms with van der Waals surface area (Å²) >= 11 is 16.4. The van der Waals surface area contributed by atoms with Crippen molar-refractivity contribution in [2.45, 2.75) is 251 Å². The maximum absolute atomic E-state index is 5.27. The number of rotatable bonds is 38. The molecule has 0 aliphatic heterocycles. The van der Waals surface area contributed by atoms with Crippen LogP contribution in [0, 0.1) is 13.8 Å². The summed E-state index contributed by atoms with van der Waals surface area (Å²) in [6, 6.07) is 95.0. The highest BCUT2D eigenvalue weighted by Crippen LogP contribution is 2.59. The van der Waals surface area contributed by atoms with Gasteiger partial charge in [0.05, 0.1) is 23.5 Å². The lowest BCUT2D eigenvalue weighted by Crippen LogP contribution is -2.27. The number of fused-ring (bicyclic) bond motifs is 8. The molecule has 12 aromatic carbocycles. The van der Waals surface area contributed by atoms with Crippen LogP contribution in [0.25, 0.3) is 66.6 Å². The first-order valence-corrected chi connectivity index (χ1v) is 50.5. The molecule has 123 heavy (non-hydrogen) atoms. The van der Waals surface area contributed by atoms with Crippen LogP contribution < -0.4 is 9.80 Å². The molecule has 14 aromatic rings. The Morgan fingerprint density at radius 3 is 1.06 bits per heavy atom. The molecule has 12 heteroatoms. The molecule has 0 saturated heterocycles. The lowest BCUT2D eigenvalue weighted by atomic mass is 9.68. The Labute approximate surface area is 776 Å². The third-order valence-corrected chi connectivity index (χ3v) is 29.5. The van der Waals surface area contributed by atoms with Gasteiger partial charge in [-0.2, -0.15) is 17.5 Å². The Bertz CT molecular complexity index is 5610. The fourth-order valence-electron chi connectivity index (χ4n) is 19.3. The molecule has 0 bridgehead atoms. The van der Waals surface area contributed by atoms with Gasteiger partial charge in [-0.25, -0.2) is 0 Å². The van der Waals surface area contributed by atoms with Crippen molar-refractivity contribution in [3.8, 4) is 44.5 Å². The molecule has 0 unspecified atom stereocenters. The second kappa shape index (κ2) is 43.8. The largest absolute Gasteiger partial charge is 0.311 e. The number of hydrogen-bond acceptors (Lipinski definition) is 8. The first-order valence-electron chi connectivity index (χ1n) is 45.8. The Balaban J connectivity index is 0.000000316. The second-order valence-electron chi connectivity index (χ2n) is 35.0. The first kappa shape index (κ1) is 91.0. The normalized spacial score (nSPS) is 12.8. The molecule has 2 aromatic heterocycles. The van der Waals surface area contributed by atoms with Gasteiger partial charge in [0, 0.05) is 73.8 Å². The number of aryl methyl sites for hydroxylation is 2. The summed E-state index contributed by atoms with van der Waals surface area (Å²) in [4.78, 5) is 4.61. The van der Waals surface area contributed by atoms with Gasteiger partial charge in [0.15, 0.2) is 0 Å². The quantitative estimate of drug-likeness (QED) is 0.0360. The minimum Gasteiger partial charge on any atom is -0.311 e. The number of nitrogens with zero attached hydrogens (tertiary/aromatic N) is 6. The Morgan fingerprint density at radius 2 is 0.610 bits per heavy atom. The Morgan fingerprint density at radius 1 is 0.285 bits per heavy atom. The molecule has 0 atom stereocenters. The van der Waals surface area contributed by atoms with Crippen LogP contribution in [0.15, 0.2) is 273 Å². The number of benzene rings is 12. The van der Waals surface area contributed by atoms with Crippen molar-refractivity contribution in [3.63, 3.8) is 0 Å². The number of aromatic nitrogens is 4. The summed E-state index contributed by atoms with van der Waals surface area (Å²) in [5, 5.41) is 0. The summed E-state index contributed by atoms with van der Waals surface area (Å²) in [7, 11) is 0. The molecule has 636 valence electrons. The zero-order valence-electron chi connectivity index (χ0n) is 73.6. The molecule has 2 aliphatic carbocycles. The average molecular weight is 1920 g/mol. The minimum atomic E-state index is -0.345. The van der Waals surface area contributed by atoms with Crippen molar-refractivity contribution in [3.05, 3.63) is 317 Å². The summed E-state index contributed by atoms with van der Waals surface area (Å²) in [6.45, 7) is 18.7. The van der Waals surface area contributed by atoms with Crippen molar-refractivity contribution in [1.82, 2.24) is 17.5 Å². The van der Waals surface area contributed by atoms with Crippen LogP contribution in [-0.2, 0) is 16.2 Å². The number of unbranched alkanes of at least 4 members (excludes halogenated alkanes) is 20. The van der Waals surface area contributed by atoms with Crippen LogP contribution in [0.1, 0.15) is 266 Å². The monoisotopic (exact) mass is 1920 g/mol. The standard InChI is InChI=1S/C87H107N3S.C18H13Br2N.C6H2Br2N2S/c1-9-13-17-21-25-32-56-86(57-33-26-22-18-14-10-2)79-60-65(6)40-50-74(79)76-52-44-68(62-81(76)86)73-54-55-78(84-83(73)88-91-89-84)85(7,8)69-45-53-77-75-51-43-67(66-41-48-72(49-42-66)90(70-36-30-29-31-37-70)71-46-38-64(5)39-47-71)61-80(75)87(82(77)63-69,58-34-27-23-19-15-11-3)59-35-28-24-20-16-12-4;19-14-6-10-17(11-7-14)21(16-4-2-1-3-5-16)18-12-8-15(20)9-13-18;7-3-1-2-4(8)6-5(3)9-11-10-6/h29-31,36-55,60-63H,9-28,32-35,56-59H2,1-8H3;1-13H;1-2H. The predicted molar refractivity (Wildman–Crippen MR) is 545 cm³/mol. The highest BCUT2D eigenvalue weighted by molar-refractivity contribution is 9.11. The fourth-order valence-corrected chi connectivity index (χ4v) is 22.0. The molecule has 16 rings (SSSR count). The fraction of sp³-hybridized carbons (Fsp3) is 0.351. The van der Waals surface area contributed by atoms with Crippen molar-refractivity contribution in [1.29, 1.82) is 0 Å². The summed E-state index contributed by atoms with van der Waals surface area (Å²) in [6.07, 6.45) is 36.1. The van der Waals surface area contributed by atoms with Crippen LogP contribution in [0.3, 0.4) is 0 Å². The molecule has 0 N–H and O–H groups in total. The van der Waals surface area contributed by atoms with Gasteiger partial charge in [-0.05, 0) is 265 Å². The molecule has 0 radical (unpaired) electrons. The van der Waals surface area contributed by atoms with Crippen LogP contribution >= 0.6 is 87.2 Å². The molecule has 0 saturated carbocycles. The van der Waals surface area contributed by atoms with E-state index in [-0.39, 0.29) is 16.2 Å². The summed E-state index contributed by atoms with van der Waals surface area (Å²) in [5.41, 5.74) is 32.7.